The van der Waals surface area contributed by atoms with E-state index in [4.69, 9.17) is 130 Å². The van der Waals surface area contributed by atoms with Gasteiger partial charge < -0.3 is 135 Å². The summed E-state index contributed by atoms with van der Waals surface area (Å²) in [7, 11) is 0. The second-order valence-electron chi connectivity index (χ2n) is 35.5. The van der Waals surface area contributed by atoms with Gasteiger partial charge in [0, 0.05) is 38.5 Å². The lowest BCUT2D eigenvalue weighted by Gasteiger charge is -2.18. The quantitative estimate of drug-likeness (QED) is 0.0255. The summed E-state index contributed by atoms with van der Waals surface area (Å²) in [5.41, 5.74) is 17.1. The fourth-order valence-corrected chi connectivity index (χ4v) is 5.36. The summed E-state index contributed by atoms with van der Waals surface area (Å²) in [6.45, 7) is 56.7. The molecule has 30 N–H and O–H groups in total. The van der Waals surface area contributed by atoms with E-state index in [1.165, 1.54) is 27.2 Å². The Kier molecular flexibility index (Phi) is 133. The van der Waals surface area contributed by atoms with Crippen LogP contribution in [0.5, 0.6) is 0 Å². The Morgan fingerprint density at radius 2 is 0.698 bits per heavy atom. The van der Waals surface area contributed by atoms with Crippen LogP contribution in [-0.4, -0.2) is 270 Å². The Balaban J connectivity index is -0.0000000696. The van der Waals surface area contributed by atoms with Crippen molar-refractivity contribution in [2.45, 2.75) is 418 Å². The van der Waals surface area contributed by atoms with Gasteiger partial charge >= 0.3 is 113 Å². The van der Waals surface area contributed by atoms with Crippen LogP contribution in [0.3, 0.4) is 0 Å². The van der Waals surface area contributed by atoms with Gasteiger partial charge in [-0.3, -0.25) is 91.1 Å². The normalized spacial score (nSPS) is 13.2. The van der Waals surface area contributed by atoms with Gasteiger partial charge in [0.2, 0.25) is 0 Å². The van der Waals surface area contributed by atoms with Crippen LogP contribution in [0.1, 0.15) is 382 Å². The minimum atomic E-state index is -1.18. The molecule has 9 unspecified atom stereocenters. The maximum Gasteiger partial charge on any atom is 0.323 e. The van der Waals surface area contributed by atoms with Gasteiger partial charge in [0.25, 0.3) is 0 Å². The van der Waals surface area contributed by atoms with Gasteiger partial charge in [-0.2, -0.15) is 0 Å². The minimum absolute atomic E-state index is 0.0775. The molecular weight excluding hydrogens is 1840 g/mol. The van der Waals surface area contributed by atoms with Gasteiger partial charge in [0.1, 0.15) is 29.7 Å². The van der Waals surface area contributed by atoms with Crippen LogP contribution >= 0.6 is 0 Å². The zero-order chi connectivity index (χ0) is 116. The molecule has 1 aliphatic heterocycles. The number of nitrogens with one attached hydrogen (secondary N) is 1. The molecule has 0 saturated carbocycles. The molecule has 1 rings (SSSR count). The molecule has 0 radical (unpaired) electrons. The van der Waals surface area contributed by atoms with Gasteiger partial charge in [0.05, 0.1) is 59.0 Å². The van der Waals surface area contributed by atoms with E-state index < -0.39 is 159 Å². The van der Waals surface area contributed by atoms with Crippen molar-refractivity contribution in [3.05, 3.63) is 0 Å². The molecule has 139 heavy (non-hydrogen) atoms. The van der Waals surface area contributed by atoms with Crippen LogP contribution in [0.4, 0.5) is 0 Å². The summed E-state index contributed by atoms with van der Waals surface area (Å²) in [4.78, 5) is 188. The Hall–Kier alpha value is -10.3. The van der Waals surface area contributed by atoms with Crippen LogP contribution in [0.25, 0.3) is 0 Å². The van der Waals surface area contributed by atoms with Crippen LogP contribution in [0.15, 0.2) is 0 Å². The standard InChI is InChI=1S/C7H14O2.C6H11NO2.C6H12O3.3C6H12O2.2C5H11NO2.4C5H10O2.C4H9NO3.C4H9NO2.4C4H8O2.C3H6O2/c1-2-3-4-5-6-7(8)9;1-4-2-3-7-5(4)6(8)9;1-3-6(2,4-7)5(8)9;1-6(2,3)4-5(7)8;1-4-6(2,3)5(7)8;1-2-3-4-5-6(7)8;1-3-5(2,6)4(7)8;1-2-3-4(6)5(7)8;1-5(2,3)4(6)7;1-4(2)3-5(6)7;1-3-4(2)5(6)7;1-2-3-4-5(6)7;1-2(6)3(5)4(7)8;1-2-3(5)4(6)7;3*1-3(2)4(5)6;1-2-3-4(5)6;1-2-3(4)5/h2-6H2,1H3,(H,8,9);4-5,7H,2-3H2,1H3,(H,8,9);7H,3-4H2,1-2H3,(H,8,9);2*4H2,1-3H3,(H,7,8);2-5H2,1H3,(H,7,8);3,6H2,1-2H3,(H,7,8);4H,2-3,6H2,1H3,(H,7,8);1-3H3,(H,6,7);2*4H,3H2,1-2H3,(H,6,7);2-4H2,1H3,(H,6,7);2-3,6H,5H2,1H3,(H,7,8);3H,2,5H2,1H3,(H,6,7);3*3H,1-2H3,(H,5,6);2-3H2,1H3,(H,5,6);2H2,1H3,(H,4,5). The van der Waals surface area contributed by atoms with Gasteiger partial charge in [0.15, 0.2) is 0 Å². The molecule has 0 bridgehead atoms. The Bertz CT molecular complexity index is 3090. The summed E-state index contributed by atoms with van der Waals surface area (Å²) in [5, 5.41) is 175. The second kappa shape index (κ2) is 108. The third kappa shape index (κ3) is 174. The maximum atomic E-state index is 10.3. The maximum absolute atomic E-state index is 10.3. The highest BCUT2D eigenvalue weighted by Crippen LogP contribution is 2.21. The number of carboxylic acid groups (broad SMARTS) is 19. The molecule has 1 aliphatic rings. The first kappa shape index (κ1) is 171. The largest absolute Gasteiger partial charge is 0.481 e. The molecule has 0 aromatic rings. The van der Waals surface area contributed by atoms with Gasteiger partial charge in [-0.1, -0.05) is 211 Å². The number of unbranched alkanes of at least 4 members (excludes halogenated alkanes) is 6. The molecule has 0 aliphatic carbocycles. The zero-order valence-electron chi connectivity index (χ0n) is 89.4. The topological polar surface area (TPSA) is 865 Å². The lowest BCUT2D eigenvalue weighted by molar-refractivity contribution is -0.151. The first-order valence-electron chi connectivity index (χ1n) is 46.0. The number of aliphatic carboxylic acids is 19. The smallest absolute Gasteiger partial charge is 0.323 e. The van der Waals surface area contributed by atoms with Gasteiger partial charge in [-0.05, 0) is 150 Å². The van der Waals surface area contributed by atoms with E-state index >= 15 is 0 Å². The molecule has 0 amide bonds. The second-order valence-corrected chi connectivity index (χ2v) is 35.5. The fraction of sp³-hybridized carbons (Fsp3) is 0.798. The van der Waals surface area contributed by atoms with Crippen molar-refractivity contribution in [3.63, 3.8) is 0 Å². The van der Waals surface area contributed by atoms with Crippen molar-refractivity contribution >= 4 is 113 Å². The number of hydrogen-bond donors (Lipinski definition) is 26. The first-order chi connectivity index (χ1) is 62.6. The summed E-state index contributed by atoms with van der Waals surface area (Å²) < 4.78 is 0. The molecule has 45 nitrogen and oxygen atoms in total. The third-order valence-corrected chi connectivity index (χ3v) is 16.8. The predicted molar refractivity (Wildman–Crippen MR) is 528 cm³/mol. The average molecular weight is 2030 g/mol. The number of nitrogens with two attached hydrogens (primary N) is 4. The summed E-state index contributed by atoms with van der Waals surface area (Å²) in [6, 6.07) is -2.81. The fourth-order valence-electron chi connectivity index (χ4n) is 5.36. The van der Waals surface area contributed by atoms with E-state index in [-0.39, 0.29) is 66.9 Å². The summed E-state index contributed by atoms with van der Waals surface area (Å²) in [6.07, 6.45) is 15.9. The van der Waals surface area contributed by atoms with Crippen molar-refractivity contribution in [1.29, 1.82) is 0 Å². The molecule has 1 saturated heterocycles. The van der Waals surface area contributed by atoms with E-state index in [0.717, 1.165) is 83.6 Å². The molecule has 9 atom stereocenters. The van der Waals surface area contributed by atoms with E-state index in [1.807, 2.05) is 76.2 Å². The van der Waals surface area contributed by atoms with E-state index in [0.29, 0.717) is 63.7 Å². The van der Waals surface area contributed by atoms with Crippen molar-refractivity contribution in [3.8, 4) is 0 Å². The summed E-state index contributed by atoms with van der Waals surface area (Å²) >= 11 is 0. The third-order valence-electron chi connectivity index (χ3n) is 16.8. The highest BCUT2D eigenvalue weighted by molar-refractivity contribution is 5.78. The average Bonchev–Trinajstić information content (AvgIpc) is 1.75. The molecule has 0 spiro atoms. The van der Waals surface area contributed by atoms with Crippen LogP contribution < -0.4 is 28.3 Å². The molecule has 0 aromatic carbocycles. The lowest BCUT2D eigenvalue weighted by atomic mass is 9.89. The zero-order valence-corrected chi connectivity index (χ0v) is 89.4. The molecule has 45 heteroatoms. The van der Waals surface area contributed by atoms with Crippen molar-refractivity contribution in [1.82, 2.24) is 5.32 Å². The van der Waals surface area contributed by atoms with Crippen molar-refractivity contribution in [2.24, 2.45) is 80.1 Å². The molecular formula is C94H191N5O40. The number of rotatable bonds is 38. The highest BCUT2D eigenvalue weighted by Gasteiger charge is 2.31. The molecule has 1 fully saturated rings. The molecule has 0 aromatic heterocycles. The molecule has 1 heterocycles. The Labute approximate surface area is 824 Å². The SMILES string of the molecule is CC(C)(C)C(=O)O.CC(C)(C)CC(=O)O.CC(C)C(=O)O.CC(C)C(=O)O.CC(C)C(=O)O.CC(C)CC(=O)O.CC(O)C(N)C(=O)O.CC1CCNC1C(=O)O.CCC(=O)O.CCC(C)(C)C(=O)O.CCC(C)(CO)C(=O)O.CCC(C)(N)C(=O)O.CCC(C)C(=O)O.CCC(N)C(=O)O.CCCC(=O)O.CCCC(N)C(=O)O.CCCCC(=O)O.CCCCCC(=O)O.CCCCCCC(=O)O. The number of carboxylic acids is 19. The molecule has 832 valence electrons. The van der Waals surface area contributed by atoms with E-state index in [1.54, 1.807) is 111 Å². The number of hydrogen-bond acceptors (Lipinski definition) is 26. The first-order valence-corrected chi connectivity index (χ1v) is 46.0. The van der Waals surface area contributed by atoms with Crippen molar-refractivity contribution < 1.29 is 198 Å². The van der Waals surface area contributed by atoms with Crippen LogP contribution in [0.2, 0.25) is 0 Å². The summed E-state index contributed by atoms with van der Waals surface area (Å²) in [5.74, 6) is -15.3. The van der Waals surface area contributed by atoms with E-state index in [2.05, 4.69) is 19.2 Å². The van der Waals surface area contributed by atoms with Gasteiger partial charge in [-0.15, -0.1) is 0 Å². The predicted octanol–water partition coefficient (Wildman–Crippen LogP) is 14.4. The number of aliphatic hydroxyl groups excluding tert-OH is 2. The monoisotopic (exact) mass is 2030 g/mol. The van der Waals surface area contributed by atoms with Crippen LogP contribution in [0, 0.1) is 57.2 Å². The number of aliphatic hydroxyl groups is 2. The Morgan fingerprint density at radius 1 is 0.367 bits per heavy atom. The van der Waals surface area contributed by atoms with E-state index in [9.17, 15) is 91.1 Å². The Morgan fingerprint density at radius 3 is 0.770 bits per heavy atom. The minimum Gasteiger partial charge on any atom is -0.481 e. The number of carbonyl (C=O) groups is 19. The van der Waals surface area contributed by atoms with Crippen molar-refractivity contribution in [2.75, 3.05) is 13.2 Å². The highest BCUT2D eigenvalue weighted by atomic mass is 16.4. The van der Waals surface area contributed by atoms with Crippen LogP contribution in [-0.2, 0) is 91.1 Å². The lowest BCUT2D eigenvalue weighted by Crippen LogP contribution is -2.43. The van der Waals surface area contributed by atoms with Gasteiger partial charge in [-0.25, -0.2) is 0 Å².